The smallest absolute Gasteiger partial charge is 0.250 e. The van der Waals surface area contributed by atoms with E-state index in [4.69, 9.17) is 9.47 Å². The Kier molecular flexibility index (Phi) is 6.24. The molecule has 2 aliphatic rings. The first kappa shape index (κ1) is 22.1. The van der Waals surface area contributed by atoms with Gasteiger partial charge in [-0.1, -0.05) is 12.1 Å². The molecule has 0 amide bonds. The van der Waals surface area contributed by atoms with Crippen LogP contribution in [0.4, 0.5) is 10.1 Å². The quantitative estimate of drug-likeness (QED) is 0.548. The van der Waals surface area contributed by atoms with E-state index in [1.807, 2.05) is 18.2 Å². The zero-order valence-corrected chi connectivity index (χ0v) is 19.4. The molecule has 174 valence electrons. The van der Waals surface area contributed by atoms with Crippen molar-refractivity contribution in [3.8, 4) is 11.5 Å². The van der Waals surface area contributed by atoms with E-state index in [2.05, 4.69) is 14.5 Å². The third-order valence-corrected chi connectivity index (χ3v) is 8.78. The second-order valence-corrected chi connectivity index (χ2v) is 10.9. The van der Waals surface area contributed by atoms with E-state index in [-0.39, 0.29) is 25.2 Å². The third-order valence-electron chi connectivity index (χ3n) is 5.95. The van der Waals surface area contributed by atoms with Crippen LogP contribution in [0.5, 0.6) is 11.5 Å². The Balaban J connectivity index is 1.34. The second kappa shape index (κ2) is 9.30. The van der Waals surface area contributed by atoms with Crippen molar-refractivity contribution in [2.45, 2.75) is 10.3 Å². The maximum Gasteiger partial charge on any atom is 0.250 e. The maximum atomic E-state index is 13.3. The molecule has 3 heterocycles. The first-order chi connectivity index (χ1) is 16.0. The van der Waals surface area contributed by atoms with Gasteiger partial charge >= 0.3 is 0 Å². The van der Waals surface area contributed by atoms with Gasteiger partial charge < -0.3 is 14.4 Å². The van der Waals surface area contributed by atoms with Crippen molar-refractivity contribution in [1.29, 1.82) is 0 Å². The summed E-state index contributed by atoms with van der Waals surface area (Å²) in [7, 11) is -3.59. The maximum absolute atomic E-state index is 13.3. The van der Waals surface area contributed by atoms with Crippen LogP contribution in [0.25, 0.3) is 0 Å². The van der Waals surface area contributed by atoms with E-state index >= 15 is 0 Å². The van der Waals surface area contributed by atoms with Crippen LogP contribution in [0.1, 0.15) is 11.6 Å². The molecule has 0 radical (unpaired) electrons. The van der Waals surface area contributed by atoms with Gasteiger partial charge in [0.25, 0.3) is 0 Å². The van der Waals surface area contributed by atoms with Crippen molar-refractivity contribution in [3.63, 3.8) is 0 Å². The summed E-state index contributed by atoms with van der Waals surface area (Å²) in [5.41, 5.74) is 1.94. The monoisotopic (exact) mass is 489 g/mol. The normalized spacial score (nSPS) is 17.3. The molecule has 0 saturated carbocycles. The Bertz CT molecular complexity index is 1190. The van der Waals surface area contributed by atoms with Gasteiger partial charge in [0.15, 0.2) is 11.5 Å². The van der Waals surface area contributed by atoms with Gasteiger partial charge in [-0.05, 0) is 53.4 Å². The Morgan fingerprint density at radius 3 is 2.48 bits per heavy atom. The first-order valence-electron chi connectivity index (χ1n) is 10.7. The molecule has 33 heavy (non-hydrogen) atoms. The lowest BCUT2D eigenvalue weighted by molar-refractivity contribution is 0.173. The Morgan fingerprint density at radius 1 is 1.00 bits per heavy atom. The van der Waals surface area contributed by atoms with E-state index in [0.717, 1.165) is 37.4 Å². The summed E-state index contributed by atoms with van der Waals surface area (Å²) >= 11 is 1.19. The molecule has 0 aliphatic carbocycles. The third kappa shape index (κ3) is 4.84. The summed E-state index contributed by atoms with van der Waals surface area (Å²) in [6, 6.07) is 15.4. The van der Waals surface area contributed by atoms with Gasteiger partial charge in [0.1, 0.15) is 10.0 Å². The van der Waals surface area contributed by atoms with Gasteiger partial charge in [-0.15, -0.1) is 11.3 Å². The summed E-state index contributed by atoms with van der Waals surface area (Å²) in [6.45, 7) is 3.39. The number of hydrogen-bond acceptors (Lipinski definition) is 7. The number of nitrogens with one attached hydrogen (secondary N) is 1. The number of ether oxygens (including phenoxy) is 2. The minimum absolute atomic E-state index is 0.176. The number of anilines is 1. The molecule has 1 aromatic heterocycles. The largest absolute Gasteiger partial charge is 0.454 e. The van der Waals surface area contributed by atoms with Crippen LogP contribution < -0.4 is 19.1 Å². The van der Waals surface area contributed by atoms with Crippen LogP contribution in [0.3, 0.4) is 0 Å². The average Bonchev–Trinajstić information content (AvgIpc) is 3.53. The highest BCUT2D eigenvalue weighted by molar-refractivity contribution is 7.91. The van der Waals surface area contributed by atoms with Crippen LogP contribution in [-0.4, -0.2) is 52.8 Å². The number of piperazine rings is 1. The molecule has 1 saturated heterocycles. The fraction of sp³-hybridized carbons (Fsp3) is 0.304. The molecule has 1 fully saturated rings. The number of thiophene rings is 1. The SMILES string of the molecule is O=S(=O)(NC[C@H](c1ccc2c(c1)OCO2)N1CCN(c2ccc(F)cc2)CC1)c1cccs1. The topological polar surface area (TPSA) is 71.1 Å². The summed E-state index contributed by atoms with van der Waals surface area (Å²) < 4.78 is 52.9. The predicted molar refractivity (Wildman–Crippen MR) is 125 cm³/mol. The molecule has 10 heteroatoms. The number of benzene rings is 2. The molecule has 0 unspecified atom stereocenters. The molecule has 1 atom stereocenters. The van der Waals surface area contributed by atoms with E-state index < -0.39 is 10.0 Å². The van der Waals surface area contributed by atoms with Gasteiger partial charge in [0.05, 0.1) is 0 Å². The summed E-state index contributed by atoms with van der Waals surface area (Å²) in [5, 5.41) is 1.75. The lowest BCUT2D eigenvalue weighted by Gasteiger charge is -2.40. The molecule has 3 aromatic rings. The predicted octanol–water partition coefficient (Wildman–Crippen LogP) is 3.46. The van der Waals surface area contributed by atoms with E-state index in [9.17, 15) is 12.8 Å². The Hall–Kier alpha value is -2.66. The molecule has 2 aromatic carbocycles. The van der Waals surface area contributed by atoms with Crippen LogP contribution in [0, 0.1) is 5.82 Å². The second-order valence-electron chi connectivity index (χ2n) is 7.91. The van der Waals surface area contributed by atoms with Gasteiger partial charge in [-0.2, -0.15) is 0 Å². The summed E-state index contributed by atoms with van der Waals surface area (Å²) in [5.74, 6) is 1.11. The van der Waals surface area contributed by atoms with Crippen molar-refractivity contribution in [2.24, 2.45) is 0 Å². The summed E-state index contributed by atoms with van der Waals surface area (Å²) in [6.07, 6.45) is 0. The molecule has 1 N–H and O–H groups in total. The number of sulfonamides is 1. The standard InChI is InChI=1S/C23H24FN3O4S2/c24-18-4-6-19(7-5-18)26-9-11-27(12-10-26)20(15-25-33(28,29)23-2-1-13-32-23)17-3-8-21-22(14-17)31-16-30-21/h1-8,13-14,20,25H,9-12,15-16H2/t20-/m1/s1. The van der Waals surface area contributed by atoms with Gasteiger partial charge in [0.2, 0.25) is 16.8 Å². The van der Waals surface area contributed by atoms with Crippen molar-refractivity contribution in [3.05, 3.63) is 71.4 Å². The molecular weight excluding hydrogens is 465 g/mol. The van der Waals surface area contributed by atoms with Gasteiger partial charge in [0, 0.05) is 44.5 Å². The van der Waals surface area contributed by atoms with Crippen molar-refractivity contribution in [2.75, 3.05) is 44.4 Å². The highest BCUT2D eigenvalue weighted by atomic mass is 32.2. The molecule has 2 aliphatic heterocycles. The average molecular weight is 490 g/mol. The van der Waals surface area contributed by atoms with Crippen molar-refractivity contribution in [1.82, 2.24) is 9.62 Å². The number of fused-ring (bicyclic) bond motifs is 1. The number of hydrogen-bond donors (Lipinski definition) is 1. The van der Waals surface area contributed by atoms with Crippen LogP contribution in [0.2, 0.25) is 0 Å². The fourth-order valence-corrected chi connectivity index (χ4v) is 6.27. The molecule has 0 spiro atoms. The van der Waals surface area contributed by atoms with Crippen LogP contribution >= 0.6 is 11.3 Å². The van der Waals surface area contributed by atoms with Gasteiger partial charge in [-0.3, -0.25) is 4.90 Å². The van der Waals surface area contributed by atoms with E-state index in [1.54, 1.807) is 29.6 Å². The van der Waals surface area contributed by atoms with Crippen molar-refractivity contribution < 1.29 is 22.3 Å². The minimum atomic E-state index is -3.59. The van der Waals surface area contributed by atoms with E-state index in [0.29, 0.717) is 15.7 Å². The molecule has 0 bridgehead atoms. The zero-order valence-electron chi connectivity index (χ0n) is 17.8. The van der Waals surface area contributed by atoms with Crippen LogP contribution in [0.15, 0.2) is 64.2 Å². The number of rotatable bonds is 7. The molecule has 7 nitrogen and oxygen atoms in total. The van der Waals surface area contributed by atoms with Crippen molar-refractivity contribution >= 4 is 27.0 Å². The highest BCUT2D eigenvalue weighted by Gasteiger charge is 2.28. The van der Waals surface area contributed by atoms with Crippen LogP contribution in [-0.2, 0) is 10.0 Å². The Labute approximate surface area is 196 Å². The Morgan fingerprint density at radius 2 is 1.76 bits per heavy atom. The van der Waals surface area contributed by atoms with E-state index in [1.165, 1.54) is 23.5 Å². The fourth-order valence-electron chi connectivity index (χ4n) is 4.20. The molecule has 5 rings (SSSR count). The lowest BCUT2D eigenvalue weighted by Crippen LogP contribution is -2.49. The van der Waals surface area contributed by atoms with Gasteiger partial charge in [-0.25, -0.2) is 17.5 Å². The summed E-state index contributed by atoms with van der Waals surface area (Å²) in [4.78, 5) is 4.48. The number of halogens is 1. The highest BCUT2D eigenvalue weighted by Crippen LogP contribution is 2.36. The molecular formula is C23H24FN3O4S2. The first-order valence-corrected chi connectivity index (χ1v) is 13.0. The lowest BCUT2D eigenvalue weighted by atomic mass is 10.0. The zero-order chi connectivity index (χ0) is 22.8. The number of nitrogens with zero attached hydrogens (tertiary/aromatic N) is 2. The minimum Gasteiger partial charge on any atom is -0.454 e.